The lowest BCUT2D eigenvalue weighted by molar-refractivity contribution is -0.385. The van der Waals surface area contributed by atoms with Crippen molar-refractivity contribution in [1.82, 2.24) is 0 Å². The maximum Gasteiger partial charge on any atom is 0.416 e. The predicted octanol–water partition coefficient (Wildman–Crippen LogP) is 5.27. The van der Waals surface area contributed by atoms with E-state index < -0.39 is 34.4 Å². The molecule has 0 aromatic heterocycles. The van der Waals surface area contributed by atoms with Crippen LogP contribution in [0.4, 0.5) is 18.9 Å². The van der Waals surface area contributed by atoms with Crippen molar-refractivity contribution in [3.63, 3.8) is 0 Å². The lowest BCUT2D eigenvalue weighted by atomic mass is 10.2. The molecule has 2 rings (SSSR count). The van der Waals surface area contributed by atoms with E-state index in [1.54, 1.807) is 13.8 Å². The summed E-state index contributed by atoms with van der Waals surface area (Å²) in [5, 5.41) is 11.2. The highest BCUT2D eigenvalue weighted by Crippen LogP contribution is 2.38. The van der Waals surface area contributed by atoms with E-state index in [1.165, 1.54) is 31.4 Å². The van der Waals surface area contributed by atoms with Crippen LogP contribution in [0.5, 0.6) is 17.2 Å². The Hall–Kier alpha value is -3.76. The summed E-state index contributed by atoms with van der Waals surface area (Å²) in [7, 11) is 1.37. The third-order valence-corrected chi connectivity index (χ3v) is 4.03. The zero-order valence-electron chi connectivity index (χ0n) is 17.3. The molecule has 0 saturated carbocycles. The maximum atomic E-state index is 12.8. The second kappa shape index (κ2) is 10.5. The molecule has 172 valence electrons. The first-order valence-electron chi connectivity index (χ1n) is 9.27. The Labute approximate surface area is 181 Å². The second-order valence-corrected chi connectivity index (χ2v) is 6.27. The molecular formula is C21H20F3NO7. The summed E-state index contributed by atoms with van der Waals surface area (Å²) < 4.78 is 59.5. The quantitative estimate of drug-likeness (QED) is 0.167. The van der Waals surface area contributed by atoms with Gasteiger partial charge in [0, 0.05) is 6.07 Å². The van der Waals surface area contributed by atoms with Crippen molar-refractivity contribution in [1.29, 1.82) is 0 Å². The Balaban J connectivity index is 2.15. The van der Waals surface area contributed by atoms with Crippen molar-refractivity contribution in [2.24, 2.45) is 0 Å². The number of rotatable bonds is 9. The standard InChI is InChI=1S/C21H20F3NO7/c1-4-30-20(26)12-19(29-3)13(2)31-15-6-8-16(9-7-15)32-18-10-5-14(21(22,23)24)11-17(18)25(27)28/h5-13H,4H2,1-3H3. The number of methoxy groups -OCH3 is 1. The average molecular weight is 455 g/mol. The molecule has 2 aromatic rings. The highest BCUT2D eigenvalue weighted by molar-refractivity contribution is 5.82. The number of hydrogen-bond acceptors (Lipinski definition) is 7. The first-order valence-corrected chi connectivity index (χ1v) is 9.27. The van der Waals surface area contributed by atoms with Gasteiger partial charge < -0.3 is 18.9 Å². The molecule has 0 heterocycles. The van der Waals surface area contributed by atoms with E-state index >= 15 is 0 Å². The smallest absolute Gasteiger partial charge is 0.416 e. The van der Waals surface area contributed by atoms with Gasteiger partial charge in [0.05, 0.1) is 30.3 Å². The van der Waals surface area contributed by atoms with Gasteiger partial charge in [0.1, 0.15) is 17.3 Å². The molecule has 0 bridgehead atoms. The van der Waals surface area contributed by atoms with Gasteiger partial charge in [-0.05, 0) is 50.2 Å². The highest BCUT2D eigenvalue weighted by atomic mass is 19.4. The van der Waals surface area contributed by atoms with E-state index in [1.807, 2.05) is 0 Å². The Morgan fingerprint density at radius 1 is 1.16 bits per heavy atom. The fraction of sp³-hybridized carbons (Fsp3) is 0.286. The van der Waals surface area contributed by atoms with Crippen LogP contribution in [0.1, 0.15) is 19.4 Å². The summed E-state index contributed by atoms with van der Waals surface area (Å²) in [5.41, 5.74) is -1.97. The number of hydrogen-bond donors (Lipinski definition) is 0. The molecule has 1 unspecified atom stereocenters. The summed E-state index contributed by atoms with van der Waals surface area (Å²) >= 11 is 0. The van der Waals surface area contributed by atoms with E-state index in [0.29, 0.717) is 17.9 Å². The zero-order chi connectivity index (χ0) is 23.9. The molecule has 0 amide bonds. The molecule has 0 radical (unpaired) electrons. The number of halogens is 3. The fourth-order valence-corrected chi connectivity index (χ4v) is 2.54. The van der Waals surface area contributed by atoms with E-state index in [4.69, 9.17) is 18.9 Å². The molecule has 0 aliphatic carbocycles. The van der Waals surface area contributed by atoms with Crippen molar-refractivity contribution in [3.05, 3.63) is 70.0 Å². The molecule has 0 aliphatic rings. The first-order chi connectivity index (χ1) is 15.0. The number of ether oxygens (including phenoxy) is 4. The molecule has 0 N–H and O–H groups in total. The van der Waals surface area contributed by atoms with Crippen molar-refractivity contribution in [3.8, 4) is 17.2 Å². The van der Waals surface area contributed by atoms with Gasteiger partial charge in [-0.2, -0.15) is 13.2 Å². The fourth-order valence-electron chi connectivity index (χ4n) is 2.54. The van der Waals surface area contributed by atoms with Crippen LogP contribution in [-0.4, -0.2) is 30.7 Å². The Morgan fingerprint density at radius 2 is 1.78 bits per heavy atom. The second-order valence-electron chi connectivity index (χ2n) is 6.27. The van der Waals surface area contributed by atoms with Gasteiger partial charge in [0.15, 0.2) is 6.10 Å². The normalized spacial score (nSPS) is 12.6. The molecule has 11 heteroatoms. The number of carbonyl (C=O) groups excluding carboxylic acids is 1. The largest absolute Gasteiger partial charge is 0.497 e. The third-order valence-electron chi connectivity index (χ3n) is 4.03. The van der Waals surface area contributed by atoms with Gasteiger partial charge in [-0.3, -0.25) is 10.1 Å². The van der Waals surface area contributed by atoms with E-state index in [9.17, 15) is 28.1 Å². The lowest BCUT2D eigenvalue weighted by Crippen LogP contribution is -2.18. The van der Waals surface area contributed by atoms with Crippen molar-refractivity contribution in [2.45, 2.75) is 26.1 Å². The molecule has 8 nitrogen and oxygen atoms in total. The average Bonchev–Trinajstić information content (AvgIpc) is 2.72. The minimum atomic E-state index is -4.72. The summed E-state index contributed by atoms with van der Waals surface area (Å²) in [6.07, 6.45) is -4.20. The molecule has 2 aromatic carbocycles. The topological polar surface area (TPSA) is 97.1 Å². The zero-order valence-corrected chi connectivity index (χ0v) is 17.3. The number of esters is 1. The van der Waals surface area contributed by atoms with Gasteiger partial charge >= 0.3 is 17.8 Å². The Kier molecular flexibility index (Phi) is 8.05. The number of benzene rings is 2. The Morgan fingerprint density at radius 3 is 2.31 bits per heavy atom. The SMILES string of the molecule is CCOC(=O)C=C(OC)C(C)Oc1ccc(Oc2ccc(C(F)(F)F)cc2[N+](=O)[O-])cc1. The monoisotopic (exact) mass is 455 g/mol. The van der Waals surface area contributed by atoms with E-state index in [0.717, 1.165) is 12.1 Å². The summed E-state index contributed by atoms with van der Waals surface area (Å²) in [6, 6.07) is 7.81. The predicted molar refractivity (Wildman–Crippen MR) is 106 cm³/mol. The minimum absolute atomic E-state index is 0.141. The molecular weight excluding hydrogens is 435 g/mol. The maximum absolute atomic E-state index is 12.8. The number of alkyl halides is 3. The van der Waals surface area contributed by atoms with Gasteiger partial charge in [0.2, 0.25) is 5.75 Å². The third kappa shape index (κ3) is 6.62. The summed E-state index contributed by atoms with van der Waals surface area (Å²) in [6.45, 7) is 3.52. The molecule has 0 fully saturated rings. The van der Waals surface area contributed by atoms with Crippen LogP contribution in [0.15, 0.2) is 54.3 Å². The van der Waals surface area contributed by atoms with Crippen LogP contribution in [0.25, 0.3) is 0 Å². The van der Waals surface area contributed by atoms with Gasteiger partial charge in [-0.15, -0.1) is 0 Å². The van der Waals surface area contributed by atoms with Gasteiger partial charge in [-0.25, -0.2) is 4.79 Å². The first kappa shape index (κ1) is 24.5. The molecule has 0 aliphatic heterocycles. The van der Waals surface area contributed by atoms with E-state index in [-0.39, 0.29) is 23.9 Å². The van der Waals surface area contributed by atoms with Gasteiger partial charge in [0.25, 0.3) is 0 Å². The number of nitrogens with zero attached hydrogens (tertiary/aromatic N) is 1. The highest BCUT2D eigenvalue weighted by Gasteiger charge is 2.33. The minimum Gasteiger partial charge on any atom is -0.497 e. The van der Waals surface area contributed by atoms with Crippen molar-refractivity contribution < 1.29 is 41.8 Å². The van der Waals surface area contributed by atoms with Crippen molar-refractivity contribution in [2.75, 3.05) is 13.7 Å². The molecule has 0 spiro atoms. The number of nitro benzene ring substituents is 1. The molecule has 0 saturated heterocycles. The van der Waals surface area contributed by atoms with Gasteiger partial charge in [-0.1, -0.05) is 0 Å². The summed E-state index contributed by atoms with van der Waals surface area (Å²) in [4.78, 5) is 21.8. The van der Waals surface area contributed by atoms with Crippen LogP contribution >= 0.6 is 0 Å². The lowest BCUT2D eigenvalue weighted by Gasteiger charge is -2.17. The van der Waals surface area contributed by atoms with Crippen LogP contribution in [0.3, 0.4) is 0 Å². The molecule has 1 atom stereocenters. The number of nitro groups is 1. The van der Waals surface area contributed by atoms with Crippen LogP contribution in [0.2, 0.25) is 0 Å². The Bertz CT molecular complexity index is 988. The van der Waals surface area contributed by atoms with Crippen molar-refractivity contribution >= 4 is 11.7 Å². The van der Waals surface area contributed by atoms with Crippen LogP contribution < -0.4 is 9.47 Å². The van der Waals surface area contributed by atoms with Crippen LogP contribution in [0, 0.1) is 10.1 Å². The number of carbonyl (C=O) groups is 1. The van der Waals surface area contributed by atoms with Crippen LogP contribution in [-0.2, 0) is 20.4 Å². The van der Waals surface area contributed by atoms with E-state index in [2.05, 4.69) is 0 Å². The molecule has 32 heavy (non-hydrogen) atoms. The summed E-state index contributed by atoms with van der Waals surface area (Å²) in [5.74, 6) is -0.199.